The molecule has 0 fully saturated rings. The third-order valence-corrected chi connectivity index (χ3v) is 5.59. The van der Waals surface area contributed by atoms with Gasteiger partial charge in [0, 0.05) is 24.7 Å². The Hall–Kier alpha value is -2.36. The van der Waals surface area contributed by atoms with Crippen LogP contribution in [0.1, 0.15) is 35.3 Å². The SMILES string of the molecule is CC(C)NS(=O)(=O)c1ccc(F)c(C(=O)NCc2ccc(F)c(CN(C)C)c2)c1. The number of carbonyl (C=O) groups excluding carboxylic acids is 1. The first-order chi connectivity index (χ1) is 13.5. The summed E-state index contributed by atoms with van der Waals surface area (Å²) in [7, 11) is -0.242. The Morgan fingerprint density at radius 2 is 1.72 bits per heavy atom. The summed E-state index contributed by atoms with van der Waals surface area (Å²) in [5.74, 6) is -1.95. The minimum absolute atomic E-state index is 0.0419. The maximum atomic E-state index is 14.1. The van der Waals surface area contributed by atoms with Gasteiger partial charge in [-0.15, -0.1) is 0 Å². The molecule has 0 saturated carbocycles. The number of halogens is 2. The maximum Gasteiger partial charge on any atom is 0.254 e. The van der Waals surface area contributed by atoms with Crippen molar-refractivity contribution in [2.45, 2.75) is 37.9 Å². The molecule has 0 bridgehead atoms. The Morgan fingerprint density at radius 1 is 1.07 bits per heavy atom. The van der Waals surface area contributed by atoms with E-state index >= 15 is 0 Å². The lowest BCUT2D eigenvalue weighted by atomic mass is 10.1. The van der Waals surface area contributed by atoms with E-state index in [-0.39, 0.29) is 28.9 Å². The average Bonchev–Trinajstić information content (AvgIpc) is 2.60. The summed E-state index contributed by atoms with van der Waals surface area (Å²) >= 11 is 0. The van der Waals surface area contributed by atoms with E-state index in [4.69, 9.17) is 0 Å². The van der Waals surface area contributed by atoms with E-state index < -0.39 is 21.7 Å². The molecular weight excluding hydrogens is 400 g/mol. The standard InChI is InChI=1S/C20H25F2N3O3S/c1-13(2)24-29(27,28)16-6-8-19(22)17(10-16)20(26)23-11-14-5-7-18(21)15(9-14)12-25(3)4/h5-10,13,24H,11-12H2,1-4H3,(H,23,26). The number of hydrogen-bond acceptors (Lipinski definition) is 4. The van der Waals surface area contributed by atoms with Crippen molar-refractivity contribution in [3.05, 3.63) is 64.7 Å². The maximum absolute atomic E-state index is 14.1. The summed E-state index contributed by atoms with van der Waals surface area (Å²) in [6, 6.07) is 7.15. The van der Waals surface area contributed by atoms with Gasteiger partial charge in [-0.3, -0.25) is 4.79 Å². The fourth-order valence-corrected chi connectivity index (χ4v) is 3.98. The van der Waals surface area contributed by atoms with Gasteiger partial charge in [0.15, 0.2) is 0 Å². The van der Waals surface area contributed by atoms with Crippen molar-refractivity contribution < 1.29 is 22.0 Å². The minimum Gasteiger partial charge on any atom is -0.348 e. The molecule has 0 radical (unpaired) electrons. The molecule has 1 amide bonds. The molecule has 2 N–H and O–H groups in total. The summed E-state index contributed by atoms with van der Waals surface area (Å²) < 4.78 is 54.9. The third-order valence-electron chi connectivity index (χ3n) is 3.93. The van der Waals surface area contributed by atoms with E-state index in [9.17, 15) is 22.0 Å². The Morgan fingerprint density at radius 3 is 2.34 bits per heavy atom. The van der Waals surface area contributed by atoms with Gasteiger partial charge in [0.25, 0.3) is 5.91 Å². The number of carbonyl (C=O) groups is 1. The zero-order chi connectivity index (χ0) is 21.8. The smallest absolute Gasteiger partial charge is 0.254 e. The lowest BCUT2D eigenvalue weighted by Gasteiger charge is -2.13. The lowest BCUT2D eigenvalue weighted by molar-refractivity contribution is 0.0946. The number of amides is 1. The quantitative estimate of drug-likeness (QED) is 0.682. The van der Waals surface area contributed by atoms with Crippen molar-refractivity contribution in [3.63, 3.8) is 0 Å². The molecule has 29 heavy (non-hydrogen) atoms. The summed E-state index contributed by atoms with van der Waals surface area (Å²) in [6.07, 6.45) is 0. The van der Waals surface area contributed by atoms with Crippen LogP contribution in [0.4, 0.5) is 8.78 Å². The van der Waals surface area contributed by atoms with E-state index in [1.165, 1.54) is 12.1 Å². The molecule has 9 heteroatoms. The summed E-state index contributed by atoms with van der Waals surface area (Å²) in [6.45, 7) is 3.75. The van der Waals surface area contributed by atoms with Gasteiger partial charge in [0.2, 0.25) is 10.0 Å². The van der Waals surface area contributed by atoms with Crippen molar-refractivity contribution in [2.75, 3.05) is 14.1 Å². The molecule has 0 spiro atoms. The second-order valence-electron chi connectivity index (χ2n) is 7.26. The number of sulfonamides is 1. The Kier molecular flexibility index (Phi) is 7.45. The van der Waals surface area contributed by atoms with E-state index in [0.29, 0.717) is 17.7 Å². The topological polar surface area (TPSA) is 78.5 Å². The van der Waals surface area contributed by atoms with Crippen molar-refractivity contribution >= 4 is 15.9 Å². The van der Waals surface area contributed by atoms with Crippen LogP contribution in [-0.2, 0) is 23.1 Å². The molecule has 0 unspecified atom stereocenters. The highest BCUT2D eigenvalue weighted by Crippen LogP contribution is 2.17. The first-order valence-electron chi connectivity index (χ1n) is 9.01. The molecule has 0 heterocycles. The molecular formula is C20H25F2N3O3S. The largest absolute Gasteiger partial charge is 0.348 e. The van der Waals surface area contributed by atoms with Gasteiger partial charge in [-0.25, -0.2) is 21.9 Å². The zero-order valence-electron chi connectivity index (χ0n) is 16.8. The van der Waals surface area contributed by atoms with Crippen molar-refractivity contribution in [2.24, 2.45) is 0 Å². The van der Waals surface area contributed by atoms with Crippen LogP contribution in [0.3, 0.4) is 0 Å². The first-order valence-corrected chi connectivity index (χ1v) is 10.5. The Bertz CT molecular complexity index is 992. The van der Waals surface area contributed by atoms with Crippen molar-refractivity contribution in [1.82, 2.24) is 14.9 Å². The average molecular weight is 426 g/mol. The van der Waals surface area contributed by atoms with Crippen LogP contribution in [0, 0.1) is 11.6 Å². The van der Waals surface area contributed by atoms with Gasteiger partial charge in [0.05, 0.1) is 10.5 Å². The molecule has 0 aromatic heterocycles. The fraction of sp³-hybridized carbons (Fsp3) is 0.350. The van der Waals surface area contributed by atoms with Crippen LogP contribution in [0.5, 0.6) is 0 Å². The molecule has 0 aliphatic rings. The Labute approximate surface area is 170 Å². The van der Waals surface area contributed by atoms with Gasteiger partial charge in [-0.2, -0.15) is 0 Å². The zero-order valence-corrected chi connectivity index (χ0v) is 17.6. The highest BCUT2D eigenvalue weighted by Gasteiger charge is 2.20. The monoisotopic (exact) mass is 425 g/mol. The van der Waals surface area contributed by atoms with Crippen LogP contribution in [0.15, 0.2) is 41.3 Å². The van der Waals surface area contributed by atoms with Crippen LogP contribution in [0.25, 0.3) is 0 Å². The molecule has 0 aliphatic carbocycles. The second kappa shape index (κ2) is 9.43. The van der Waals surface area contributed by atoms with Crippen LogP contribution in [0.2, 0.25) is 0 Å². The highest BCUT2D eigenvalue weighted by molar-refractivity contribution is 7.89. The molecule has 2 rings (SSSR count). The van der Waals surface area contributed by atoms with Crippen molar-refractivity contribution in [3.8, 4) is 0 Å². The summed E-state index contributed by atoms with van der Waals surface area (Å²) in [5, 5.41) is 2.55. The fourth-order valence-electron chi connectivity index (χ4n) is 2.70. The number of benzene rings is 2. The van der Waals surface area contributed by atoms with Gasteiger partial charge in [0.1, 0.15) is 11.6 Å². The Balaban J connectivity index is 2.18. The predicted octanol–water partition coefficient (Wildman–Crippen LogP) is 2.64. The number of nitrogens with zero attached hydrogens (tertiary/aromatic N) is 1. The van der Waals surface area contributed by atoms with Gasteiger partial charge in [-0.05, 0) is 63.8 Å². The molecule has 158 valence electrons. The number of nitrogens with one attached hydrogen (secondary N) is 2. The highest BCUT2D eigenvalue weighted by atomic mass is 32.2. The molecule has 2 aromatic carbocycles. The van der Waals surface area contributed by atoms with Gasteiger partial charge >= 0.3 is 0 Å². The van der Waals surface area contributed by atoms with E-state index in [0.717, 1.165) is 18.2 Å². The second-order valence-corrected chi connectivity index (χ2v) is 8.98. The van der Waals surface area contributed by atoms with Gasteiger partial charge < -0.3 is 10.2 Å². The normalized spacial score (nSPS) is 11.9. The van der Waals surface area contributed by atoms with Gasteiger partial charge in [-0.1, -0.05) is 6.07 Å². The predicted molar refractivity (Wildman–Crippen MR) is 107 cm³/mol. The van der Waals surface area contributed by atoms with Crippen LogP contribution < -0.4 is 10.0 Å². The molecule has 0 aliphatic heterocycles. The molecule has 6 nitrogen and oxygen atoms in total. The van der Waals surface area contributed by atoms with Crippen LogP contribution in [-0.4, -0.2) is 39.4 Å². The van der Waals surface area contributed by atoms with Crippen molar-refractivity contribution in [1.29, 1.82) is 0 Å². The molecule has 0 saturated heterocycles. The lowest BCUT2D eigenvalue weighted by Crippen LogP contribution is -2.31. The molecule has 2 aromatic rings. The number of hydrogen-bond donors (Lipinski definition) is 2. The van der Waals surface area contributed by atoms with Crippen LogP contribution >= 0.6 is 0 Å². The summed E-state index contributed by atoms with van der Waals surface area (Å²) in [4.78, 5) is 14.0. The van der Waals surface area contributed by atoms with E-state index in [1.807, 2.05) is 19.0 Å². The summed E-state index contributed by atoms with van der Waals surface area (Å²) in [5.41, 5.74) is 0.732. The number of rotatable bonds is 8. The molecule has 0 atom stereocenters. The van der Waals surface area contributed by atoms with E-state index in [1.54, 1.807) is 19.9 Å². The van der Waals surface area contributed by atoms with E-state index in [2.05, 4.69) is 10.0 Å². The third kappa shape index (κ3) is 6.31. The first kappa shape index (κ1) is 22.9. The minimum atomic E-state index is -3.86.